The number of nitrogens with zero attached hydrogens (tertiary/aromatic N) is 1. The summed E-state index contributed by atoms with van der Waals surface area (Å²) >= 11 is 0. The fraction of sp³-hybridized carbons (Fsp3) is 0.875. The average molecular weight is 154 g/mol. The summed E-state index contributed by atoms with van der Waals surface area (Å²) in [6, 6.07) is 0. The molecule has 1 heterocycles. The minimum absolute atomic E-state index is 0.321. The first kappa shape index (κ1) is 7.10. The fourth-order valence-electron chi connectivity index (χ4n) is 2.08. The van der Waals surface area contributed by atoms with Crippen molar-refractivity contribution in [3.63, 3.8) is 0 Å². The smallest absolute Gasteiger partial charge is 0.225 e. The molecule has 2 rings (SSSR count). The Morgan fingerprint density at radius 1 is 1.36 bits per heavy atom. The van der Waals surface area contributed by atoms with Gasteiger partial charge in [0.2, 0.25) is 5.91 Å². The first-order valence-electron chi connectivity index (χ1n) is 4.13. The molecule has 3 heteroatoms. The molecule has 0 aromatic carbocycles. The largest absolute Gasteiger partial charge is 0.349 e. The molecule has 1 saturated heterocycles. The molecular weight excluding hydrogens is 140 g/mol. The van der Waals surface area contributed by atoms with E-state index in [1.54, 1.807) is 4.90 Å². The summed E-state index contributed by atoms with van der Waals surface area (Å²) < 4.78 is 0. The topological polar surface area (TPSA) is 32.3 Å². The number of rotatable bonds is 1. The van der Waals surface area contributed by atoms with E-state index in [1.165, 1.54) is 0 Å². The molecule has 3 nitrogen and oxygen atoms in total. The number of hydrogen-bond donors (Lipinski definition) is 1. The van der Waals surface area contributed by atoms with Gasteiger partial charge in [-0.2, -0.15) is 0 Å². The number of fused-ring (bicyclic) bond motifs is 1. The van der Waals surface area contributed by atoms with Crippen molar-refractivity contribution in [2.75, 3.05) is 27.2 Å². The van der Waals surface area contributed by atoms with Crippen LogP contribution in [0, 0.1) is 17.8 Å². The summed E-state index contributed by atoms with van der Waals surface area (Å²) in [4.78, 5) is 13.1. The molecule has 3 atom stereocenters. The minimum Gasteiger partial charge on any atom is -0.349 e. The molecule has 1 aliphatic carbocycles. The Kier molecular flexibility index (Phi) is 1.42. The van der Waals surface area contributed by atoms with Crippen LogP contribution in [-0.4, -0.2) is 38.0 Å². The van der Waals surface area contributed by atoms with Crippen molar-refractivity contribution in [1.82, 2.24) is 10.2 Å². The number of amides is 1. The lowest BCUT2D eigenvalue weighted by molar-refractivity contribution is -0.130. The maximum Gasteiger partial charge on any atom is 0.225 e. The Hall–Kier alpha value is -0.570. The lowest BCUT2D eigenvalue weighted by atomic mass is 10.2. The second-order valence-corrected chi connectivity index (χ2v) is 3.74. The summed E-state index contributed by atoms with van der Waals surface area (Å²) in [5, 5.41) is 3.27. The zero-order valence-electron chi connectivity index (χ0n) is 7.00. The van der Waals surface area contributed by atoms with Crippen LogP contribution in [0.5, 0.6) is 0 Å². The highest BCUT2D eigenvalue weighted by Gasteiger charge is 2.57. The van der Waals surface area contributed by atoms with Crippen LogP contribution in [0.15, 0.2) is 0 Å². The third kappa shape index (κ3) is 0.948. The molecule has 1 saturated carbocycles. The Bertz CT molecular complexity index is 181. The molecule has 0 unspecified atom stereocenters. The van der Waals surface area contributed by atoms with Gasteiger partial charge in [-0.25, -0.2) is 0 Å². The monoisotopic (exact) mass is 154 g/mol. The molecule has 1 N–H and O–H groups in total. The van der Waals surface area contributed by atoms with Gasteiger partial charge in [-0.3, -0.25) is 4.79 Å². The van der Waals surface area contributed by atoms with Crippen molar-refractivity contribution >= 4 is 5.91 Å². The number of carbonyl (C=O) groups is 1. The Morgan fingerprint density at radius 3 is 2.36 bits per heavy atom. The summed E-state index contributed by atoms with van der Waals surface area (Å²) in [5.41, 5.74) is 0. The quantitative estimate of drug-likeness (QED) is 0.554. The number of nitrogens with one attached hydrogen (secondary N) is 1. The number of piperidine rings is 1. The van der Waals surface area contributed by atoms with Crippen molar-refractivity contribution in [1.29, 1.82) is 0 Å². The molecule has 11 heavy (non-hydrogen) atoms. The van der Waals surface area contributed by atoms with E-state index < -0.39 is 0 Å². The minimum atomic E-state index is 0.321. The number of carbonyl (C=O) groups excluding carboxylic acids is 1. The van der Waals surface area contributed by atoms with Gasteiger partial charge < -0.3 is 10.2 Å². The second-order valence-electron chi connectivity index (χ2n) is 3.74. The highest BCUT2D eigenvalue weighted by atomic mass is 16.2. The van der Waals surface area contributed by atoms with Crippen molar-refractivity contribution in [2.24, 2.45) is 17.8 Å². The summed E-state index contributed by atoms with van der Waals surface area (Å²) in [7, 11) is 3.67. The van der Waals surface area contributed by atoms with Crippen LogP contribution in [0.1, 0.15) is 0 Å². The van der Waals surface area contributed by atoms with Crippen LogP contribution in [0.3, 0.4) is 0 Å². The van der Waals surface area contributed by atoms with Gasteiger partial charge in [0.1, 0.15) is 0 Å². The first-order chi connectivity index (χ1) is 5.22. The molecule has 0 radical (unpaired) electrons. The molecule has 1 amide bonds. The zero-order chi connectivity index (χ0) is 8.01. The van der Waals surface area contributed by atoms with Gasteiger partial charge in [-0.1, -0.05) is 0 Å². The van der Waals surface area contributed by atoms with Crippen LogP contribution in [0.2, 0.25) is 0 Å². The maximum atomic E-state index is 11.4. The SMILES string of the molecule is CN(C)C(=O)[C@H]1[C@@H]2CNC[C@@H]21. The third-order valence-electron chi connectivity index (χ3n) is 2.82. The van der Waals surface area contributed by atoms with Gasteiger partial charge in [-0.05, 0) is 24.9 Å². The van der Waals surface area contributed by atoms with E-state index in [0.29, 0.717) is 23.7 Å². The van der Waals surface area contributed by atoms with Crippen molar-refractivity contribution in [2.45, 2.75) is 0 Å². The predicted molar refractivity (Wildman–Crippen MR) is 42.0 cm³/mol. The lowest BCUT2D eigenvalue weighted by Gasteiger charge is -2.11. The fourth-order valence-corrected chi connectivity index (χ4v) is 2.08. The van der Waals surface area contributed by atoms with E-state index in [2.05, 4.69) is 5.32 Å². The molecule has 0 aromatic rings. The lowest BCUT2D eigenvalue weighted by Crippen LogP contribution is -2.28. The van der Waals surface area contributed by atoms with E-state index in [0.717, 1.165) is 13.1 Å². The molecule has 0 spiro atoms. The van der Waals surface area contributed by atoms with Gasteiger partial charge in [0.05, 0.1) is 0 Å². The zero-order valence-corrected chi connectivity index (χ0v) is 7.00. The number of hydrogen-bond acceptors (Lipinski definition) is 2. The summed E-state index contributed by atoms with van der Waals surface area (Å²) in [6.07, 6.45) is 0. The second kappa shape index (κ2) is 2.21. The van der Waals surface area contributed by atoms with E-state index >= 15 is 0 Å². The summed E-state index contributed by atoms with van der Waals surface area (Å²) in [6.45, 7) is 2.10. The molecule has 1 aliphatic heterocycles. The van der Waals surface area contributed by atoms with E-state index in [4.69, 9.17) is 0 Å². The van der Waals surface area contributed by atoms with Gasteiger partial charge >= 0.3 is 0 Å². The predicted octanol–water partition coefficient (Wildman–Crippen LogP) is -0.460. The Morgan fingerprint density at radius 2 is 1.91 bits per heavy atom. The highest BCUT2D eigenvalue weighted by molar-refractivity contribution is 5.82. The molecule has 2 fully saturated rings. The van der Waals surface area contributed by atoms with Crippen LogP contribution in [0.4, 0.5) is 0 Å². The average Bonchev–Trinajstić information content (AvgIpc) is 2.41. The third-order valence-corrected chi connectivity index (χ3v) is 2.82. The van der Waals surface area contributed by atoms with Crippen molar-refractivity contribution in [3.05, 3.63) is 0 Å². The van der Waals surface area contributed by atoms with Crippen LogP contribution >= 0.6 is 0 Å². The normalized spacial score (nSPS) is 40.0. The molecule has 0 bridgehead atoms. The molecule has 2 aliphatic rings. The van der Waals surface area contributed by atoms with E-state index in [-0.39, 0.29) is 0 Å². The molecule has 0 aromatic heterocycles. The van der Waals surface area contributed by atoms with E-state index in [1.807, 2.05) is 14.1 Å². The maximum absolute atomic E-state index is 11.4. The van der Waals surface area contributed by atoms with Crippen LogP contribution in [-0.2, 0) is 4.79 Å². The first-order valence-corrected chi connectivity index (χ1v) is 4.13. The van der Waals surface area contributed by atoms with Crippen molar-refractivity contribution in [3.8, 4) is 0 Å². The Labute approximate surface area is 66.8 Å². The molecule has 62 valence electrons. The van der Waals surface area contributed by atoms with Gasteiger partial charge in [0.15, 0.2) is 0 Å². The van der Waals surface area contributed by atoms with E-state index in [9.17, 15) is 4.79 Å². The van der Waals surface area contributed by atoms with Gasteiger partial charge in [0.25, 0.3) is 0 Å². The van der Waals surface area contributed by atoms with Crippen LogP contribution < -0.4 is 5.32 Å². The molecular formula is C8H14N2O. The van der Waals surface area contributed by atoms with Crippen LogP contribution in [0.25, 0.3) is 0 Å². The highest BCUT2D eigenvalue weighted by Crippen LogP contribution is 2.49. The standard InChI is InChI=1S/C8H14N2O/c1-10(2)8(11)7-5-3-9-4-6(5)7/h5-7,9H,3-4H2,1-2H3/t5-,6+,7+. The van der Waals surface area contributed by atoms with Gasteiger partial charge in [0, 0.05) is 20.0 Å². The summed E-state index contributed by atoms with van der Waals surface area (Å²) in [5.74, 6) is 1.99. The van der Waals surface area contributed by atoms with Gasteiger partial charge in [-0.15, -0.1) is 0 Å². The van der Waals surface area contributed by atoms with Crippen molar-refractivity contribution < 1.29 is 4.79 Å². The Balaban J connectivity index is 1.95.